The Morgan fingerprint density at radius 2 is 2.33 bits per heavy atom. The highest BCUT2D eigenvalue weighted by Gasteiger charge is 2.25. The Morgan fingerprint density at radius 1 is 1.50 bits per heavy atom. The fourth-order valence-corrected chi connectivity index (χ4v) is 3.95. The highest BCUT2D eigenvalue weighted by molar-refractivity contribution is 7.88. The van der Waals surface area contributed by atoms with Crippen LogP contribution in [0.25, 0.3) is 10.8 Å². The molecular formula is C14H21N5O3S2. The lowest BCUT2D eigenvalue weighted by molar-refractivity contribution is 0.190. The third kappa shape index (κ3) is 4.39. The van der Waals surface area contributed by atoms with Crippen molar-refractivity contribution in [1.29, 1.82) is 0 Å². The van der Waals surface area contributed by atoms with Gasteiger partial charge in [0.1, 0.15) is 0 Å². The number of piperazine rings is 1. The van der Waals surface area contributed by atoms with Crippen LogP contribution in [0.5, 0.6) is 0 Å². The Morgan fingerprint density at radius 3 is 3.08 bits per heavy atom. The van der Waals surface area contributed by atoms with E-state index in [4.69, 9.17) is 4.52 Å². The largest absolute Gasteiger partial charge is 0.333 e. The normalized spacial score (nSPS) is 19.7. The van der Waals surface area contributed by atoms with E-state index in [1.807, 2.05) is 12.1 Å². The van der Waals surface area contributed by atoms with Crippen molar-refractivity contribution in [3.8, 4) is 10.8 Å². The number of thiophene rings is 1. The van der Waals surface area contributed by atoms with Gasteiger partial charge >= 0.3 is 0 Å². The molecule has 1 fully saturated rings. The van der Waals surface area contributed by atoms with Crippen molar-refractivity contribution in [2.45, 2.75) is 12.5 Å². The van der Waals surface area contributed by atoms with Crippen LogP contribution in [0.4, 0.5) is 0 Å². The van der Waals surface area contributed by atoms with Crippen LogP contribution in [0.3, 0.4) is 0 Å². The van der Waals surface area contributed by atoms with Gasteiger partial charge in [0.05, 0.1) is 17.2 Å². The van der Waals surface area contributed by atoms with Gasteiger partial charge in [-0.05, 0) is 25.6 Å². The Labute approximate surface area is 145 Å². The van der Waals surface area contributed by atoms with E-state index in [-0.39, 0.29) is 6.04 Å². The average Bonchev–Trinajstić information content (AvgIpc) is 3.15. The minimum atomic E-state index is -3.15. The van der Waals surface area contributed by atoms with Gasteiger partial charge in [0, 0.05) is 31.1 Å². The number of hydrogen-bond acceptors (Lipinski definition) is 8. The van der Waals surface area contributed by atoms with Gasteiger partial charge in [0.2, 0.25) is 10.0 Å². The summed E-state index contributed by atoms with van der Waals surface area (Å²) in [5, 5.41) is 7.45. The van der Waals surface area contributed by atoms with Crippen molar-refractivity contribution >= 4 is 21.4 Å². The summed E-state index contributed by atoms with van der Waals surface area (Å²) in [6.45, 7) is 3.10. The lowest BCUT2D eigenvalue weighted by Crippen LogP contribution is -2.44. The summed E-state index contributed by atoms with van der Waals surface area (Å²) in [4.78, 5) is 8.70. The van der Waals surface area contributed by atoms with Crippen molar-refractivity contribution in [3.63, 3.8) is 0 Å². The van der Waals surface area contributed by atoms with E-state index in [1.54, 1.807) is 0 Å². The van der Waals surface area contributed by atoms with Crippen LogP contribution in [0.1, 0.15) is 16.7 Å². The monoisotopic (exact) mass is 371 g/mol. The number of nitrogens with one attached hydrogen (secondary N) is 2. The number of aromatic nitrogens is 2. The molecule has 0 aliphatic carbocycles. The Bertz CT molecular complexity index is 786. The summed E-state index contributed by atoms with van der Waals surface area (Å²) < 4.78 is 30.0. The first-order chi connectivity index (χ1) is 11.4. The Balaban J connectivity index is 1.65. The van der Waals surface area contributed by atoms with Crippen LogP contribution in [-0.2, 0) is 16.4 Å². The highest BCUT2D eigenvalue weighted by atomic mass is 32.2. The molecule has 2 aromatic heterocycles. The van der Waals surface area contributed by atoms with Gasteiger partial charge in [-0.1, -0.05) is 5.16 Å². The maximum absolute atomic E-state index is 11.1. The van der Waals surface area contributed by atoms with Crippen molar-refractivity contribution in [2.24, 2.45) is 0 Å². The van der Waals surface area contributed by atoms with Gasteiger partial charge in [0.15, 0.2) is 5.82 Å². The lowest BCUT2D eigenvalue weighted by Gasteiger charge is -2.30. The second kappa shape index (κ2) is 7.28. The number of hydrogen-bond donors (Lipinski definition) is 2. The summed E-state index contributed by atoms with van der Waals surface area (Å²) in [6.07, 6.45) is 1.79. The van der Waals surface area contributed by atoms with Gasteiger partial charge in [-0.3, -0.25) is 4.90 Å². The maximum atomic E-state index is 11.1. The maximum Gasteiger partial charge on any atom is 0.268 e. The van der Waals surface area contributed by atoms with Crippen LogP contribution >= 0.6 is 11.3 Å². The molecule has 0 spiro atoms. The molecule has 0 radical (unpaired) electrons. The van der Waals surface area contributed by atoms with Gasteiger partial charge in [-0.25, -0.2) is 13.1 Å². The summed E-state index contributed by atoms with van der Waals surface area (Å²) >= 11 is 1.54. The zero-order valence-corrected chi connectivity index (χ0v) is 15.3. The lowest BCUT2D eigenvalue weighted by atomic mass is 10.2. The number of rotatable bonds is 6. The van der Waals surface area contributed by atoms with E-state index in [2.05, 4.69) is 32.1 Å². The molecule has 0 aromatic carbocycles. The topological polar surface area (TPSA) is 100 Å². The molecule has 1 aliphatic rings. The molecule has 10 heteroatoms. The molecule has 2 N–H and O–H groups in total. The molecule has 1 atom stereocenters. The summed E-state index contributed by atoms with van der Waals surface area (Å²) in [7, 11) is -1.10. The molecule has 0 amide bonds. The molecule has 3 rings (SSSR count). The van der Waals surface area contributed by atoms with E-state index in [0.29, 0.717) is 24.7 Å². The molecule has 1 unspecified atom stereocenters. The third-order valence-electron chi connectivity index (χ3n) is 3.86. The van der Waals surface area contributed by atoms with Gasteiger partial charge in [0.25, 0.3) is 5.89 Å². The Hall–Kier alpha value is -1.33. The highest BCUT2D eigenvalue weighted by Crippen LogP contribution is 2.28. The molecule has 1 aliphatic heterocycles. The van der Waals surface area contributed by atoms with E-state index < -0.39 is 10.0 Å². The first-order valence-electron chi connectivity index (χ1n) is 7.70. The predicted octanol–water partition coefficient (Wildman–Crippen LogP) is 0.466. The van der Waals surface area contributed by atoms with Gasteiger partial charge < -0.3 is 9.84 Å². The molecule has 24 heavy (non-hydrogen) atoms. The zero-order chi connectivity index (χ0) is 17.2. The fourth-order valence-electron chi connectivity index (χ4n) is 2.55. The SMILES string of the molecule is CN1CCNCC1c1noc(-c2ccc(CCNS(C)(=O)=O)s2)n1. The summed E-state index contributed by atoms with van der Waals surface area (Å²) in [5.41, 5.74) is 0. The van der Waals surface area contributed by atoms with Crippen LogP contribution in [0.2, 0.25) is 0 Å². The van der Waals surface area contributed by atoms with Gasteiger partial charge in [-0.2, -0.15) is 4.98 Å². The van der Waals surface area contributed by atoms with Crippen molar-refractivity contribution in [3.05, 3.63) is 22.8 Å². The minimum Gasteiger partial charge on any atom is -0.333 e. The summed E-state index contributed by atoms with van der Waals surface area (Å²) in [5.74, 6) is 1.20. The first-order valence-corrected chi connectivity index (χ1v) is 10.4. The third-order valence-corrected chi connectivity index (χ3v) is 5.72. The standard InChI is InChI=1S/C14H21N5O3S2/c1-19-8-7-15-9-11(19)13-17-14(22-18-13)12-4-3-10(23-12)5-6-16-24(2,20)21/h3-4,11,15-16H,5-9H2,1-2H3. The van der Waals surface area contributed by atoms with Gasteiger partial charge in [-0.15, -0.1) is 11.3 Å². The summed E-state index contributed by atoms with van der Waals surface area (Å²) in [6, 6.07) is 4.01. The van der Waals surface area contributed by atoms with E-state index in [0.717, 1.165) is 35.6 Å². The molecule has 0 bridgehead atoms. The van der Waals surface area contributed by atoms with Crippen molar-refractivity contribution in [2.75, 3.05) is 39.5 Å². The number of nitrogens with zero attached hydrogens (tertiary/aromatic N) is 3. The zero-order valence-electron chi connectivity index (χ0n) is 13.7. The van der Waals surface area contributed by atoms with E-state index in [1.165, 1.54) is 11.3 Å². The van der Waals surface area contributed by atoms with Crippen molar-refractivity contribution in [1.82, 2.24) is 25.1 Å². The molecule has 132 valence electrons. The first kappa shape index (κ1) is 17.5. The molecule has 0 saturated carbocycles. The van der Waals surface area contributed by atoms with Crippen LogP contribution in [0.15, 0.2) is 16.7 Å². The molecular weight excluding hydrogens is 350 g/mol. The predicted molar refractivity (Wildman–Crippen MR) is 92.4 cm³/mol. The Kier molecular flexibility index (Phi) is 5.30. The van der Waals surface area contributed by atoms with E-state index >= 15 is 0 Å². The van der Waals surface area contributed by atoms with Crippen LogP contribution < -0.4 is 10.0 Å². The second-order valence-electron chi connectivity index (χ2n) is 5.84. The molecule has 8 nitrogen and oxygen atoms in total. The molecule has 1 saturated heterocycles. The smallest absolute Gasteiger partial charge is 0.268 e. The second-order valence-corrected chi connectivity index (χ2v) is 8.84. The number of likely N-dealkylation sites (N-methyl/N-ethyl adjacent to an activating group) is 1. The fraction of sp³-hybridized carbons (Fsp3) is 0.571. The van der Waals surface area contributed by atoms with Crippen LogP contribution in [0, 0.1) is 0 Å². The van der Waals surface area contributed by atoms with Crippen LogP contribution in [-0.4, -0.2) is 62.9 Å². The quantitative estimate of drug-likeness (QED) is 0.761. The molecule has 2 aromatic rings. The van der Waals surface area contributed by atoms with Crippen molar-refractivity contribution < 1.29 is 12.9 Å². The van der Waals surface area contributed by atoms with E-state index in [9.17, 15) is 8.42 Å². The number of sulfonamides is 1. The molecule has 3 heterocycles. The minimum absolute atomic E-state index is 0.120. The average molecular weight is 371 g/mol.